The third-order valence-electron chi connectivity index (χ3n) is 4.32. The van der Waals surface area contributed by atoms with Gasteiger partial charge in [-0.2, -0.15) is 8.42 Å². The zero-order valence-electron chi connectivity index (χ0n) is 14.3. The fraction of sp³-hybridized carbons (Fsp3) is 0.533. The zero-order valence-corrected chi connectivity index (χ0v) is 16.7. The Morgan fingerprint density at radius 1 is 1.48 bits per heavy atom. The molecule has 2 unspecified atom stereocenters. The fourth-order valence-corrected chi connectivity index (χ4v) is 5.88. The van der Waals surface area contributed by atoms with Gasteiger partial charge in [0.25, 0.3) is 10.1 Å². The number of carbonyl (C=O) groups is 3. The molecule has 3 atom stereocenters. The number of nitrogens with zero attached hydrogens (tertiary/aromatic N) is 1. The number of carboxylic acids is 1. The molecule has 1 aromatic rings. The molecule has 0 aromatic carbocycles. The lowest BCUT2D eigenvalue weighted by atomic mass is 9.99. The molecule has 2 amide bonds. The van der Waals surface area contributed by atoms with E-state index < -0.39 is 39.0 Å². The third-order valence-corrected chi connectivity index (χ3v) is 7.97. The Morgan fingerprint density at radius 2 is 2.22 bits per heavy atom. The van der Waals surface area contributed by atoms with Gasteiger partial charge in [-0.3, -0.25) is 9.59 Å². The molecule has 3 rings (SSSR count). The largest absolute Gasteiger partial charge is 0.479 e. The van der Waals surface area contributed by atoms with E-state index in [4.69, 9.17) is 4.18 Å². The Kier molecular flexibility index (Phi) is 5.52. The van der Waals surface area contributed by atoms with Gasteiger partial charge in [0.2, 0.25) is 17.4 Å². The number of hydrogen-bond acceptors (Lipinski definition) is 8. The fourth-order valence-electron chi connectivity index (χ4n) is 2.87. The molecule has 0 spiro atoms. The van der Waals surface area contributed by atoms with Gasteiger partial charge in [0.1, 0.15) is 11.4 Å². The second-order valence-electron chi connectivity index (χ2n) is 6.20. The number of aliphatic carboxylic acids is 1. The summed E-state index contributed by atoms with van der Waals surface area (Å²) in [5.41, 5.74) is -2.02. The van der Waals surface area contributed by atoms with Crippen molar-refractivity contribution in [2.24, 2.45) is 0 Å². The van der Waals surface area contributed by atoms with Crippen LogP contribution in [0, 0.1) is 0 Å². The van der Waals surface area contributed by atoms with Crippen LogP contribution in [0.15, 0.2) is 17.5 Å². The third kappa shape index (κ3) is 3.98. The van der Waals surface area contributed by atoms with Crippen molar-refractivity contribution in [2.75, 3.05) is 18.1 Å². The molecule has 2 N–H and O–H groups in total. The summed E-state index contributed by atoms with van der Waals surface area (Å²) < 4.78 is 28.5. The number of nitrogens with one attached hydrogen (secondary N) is 1. The first kappa shape index (κ1) is 20.1. The van der Waals surface area contributed by atoms with E-state index in [1.54, 1.807) is 0 Å². The first-order valence-corrected chi connectivity index (χ1v) is 11.6. The second-order valence-corrected chi connectivity index (χ2v) is 10.2. The lowest BCUT2D eigenvalue weighted by Gasteiger charge is -2.53. The van der Waals surface area contributed by atoms with Gasteiger partial charge >= 0.3 is 5.97 Å². The highest BCUT2D eigenvalue weighted by atomic mass is 32.2. The van der Waals surface area contributed by atoms with Gasteiger partial charge in [0.15, 0.2) is 0 Å². The molecule has 12 heteroatoms. The molecule has 9 nitrogen and oxygen atoms in total. The van der Waals surface area contributed by atoms with Gasteiger partial charge in [-0.25, -0.2) is 8.98 Å². The summed E-state index contributed by atoms with van der Waals surface area (Å²) in [6.07, 6.45) is 0.162. The van der Waals surface area contributed by atoms with Crippen LogP contribution in [0.5, 0.6) is 0 Å². The Hall–Kier alpha value is -1.63. The van der Waals surface area contributed by atoms with E-state index in [0.717, 1.165) is 16.6 Å². The Balaban J connectivity index is 1.66. The molecular formula is C15H18N2O7S3. The van der Waals surface area contributed by atoms with Crippen LogP contribution in [0.3, 0.4) is 0 Å². The molecule has 2 saturated heterocycles. The maximum atomic E-state index is 12.4. The number of rotatable bonds is 7. The summed E-state index contributed by atoms with van der Waals surface area (Å²) in [5.74, 6) is -2.70. The molecule has 148 valence electrons. The molecule has 27 heavy (non-hydrogen) atoms. The van der Waals surface area contributed by atoms with Crippen LogP contribution in [-0.2, 0) is 35.1 Å². The molecule has 0 bridgehead atoms. The number of β-lactam (4-membered cyclic amide) rings is 1. The quantitative estimate of drug-likeness (QED) is 0.449. The summed E-state index contributed by atoms with van der Waals surface area (Å²) in [4.78, 5) is 38.3. The van der Waals surface area contributed by atoms with Crippen LogP contribution >= 0.6 is 23.1 Å². The second kappa shape index (κ2) is 7.41. The smallest absolute Gasteiger partial charge is 0.340 e. The summed E-state index contributed by atoms with van der Waals surface area (Å²) in [6.45, 7) is 0.965. The van der Waals surface area contributed by atoms with E-state index in [2.05, 4.69) is 5.32 Å². The van der Waals surface area contributed by atoms with Crippen molar-refractivity contribution >= 4 is 51.0 Å². The minimum atomic E-state index is -4.02. The normalized spacial score (nSPS) is 27.6. The van der Waals surface area contributed by atoms with E-state index in [-0.39, 0.29) is 30.4 Å². The summed E-state index contributed by atoms with van der Waals surface area (Å²) in [6, 6.07) is 2.90. The highest BCUT2D eigenvalue weighted by molar-refractivity contribution is 8.00. The van der Waals surface area contributed by atoms with E-state index in [1.807, 2.05) is 17.5 Å². The molecule has 1 aromatic heterocycles. The molecule has 0 radical (unpaired) electrons. The maximum absolute atomic E-state index is 12.4. The van der Waals surface area contributed by atoms with Gasteiger partial charge in [-0.15, -0.1) is 23.1 Å². The predicted molar refractivity (Wildman–Crippen MR) is 98.8 cm³/mol. The minimum absolute atomic E-state index is 0.146. The first-order valence-electron chi connectivity index (χ1n) is 8.08. The van der Waals surface area contributed by atoms with Gasteiger partial charge < -0.3 is 15.3 Å². The van der Waals surface area contributed by atoms with Gasteiger partial charge in [-0.05, 0) is 18.4 Å². The Bertz CT molecular complexity index is 855. The monoisotopic (exact) mass is 434 g/mol. The van der Waals surface area contributed by atoms with E-state index in [0.29, 0.717) is 0 Å². The van der Waals surface area contributed by atoms with Crippen molar-refractivity contribution in [3.05, 3.63) is 22.4 Å². The summed E-state index contributed by atoms with van der Waals surface area (Å²) in [7, 11) is -4.02. The summed E-state index contributed by atoms with van der Waals surface area (Å²) in [5, 5.41) is 13.6. The number of carboxylic acid groups (broad SMARTS) is 1. The minimum Gasteiger partial charge on any atom is -0.479 e. The van der Waals surface area contributed by atoms with Crippen LogP contribution < -0.4 is 5.32 Å². The molecule has 2 aliphatic rings. The van der Waals surface area contributed by atoms with Crippen molar-refractivity contribution in [1.29, 1.82) is 0 Å². The van der Waals surface area contributed by atoms with Crippen molar-refractivity contribution in [1.82, 2.24) is 10.2 Å². The SMILES string of the molecule is CCS(=O)(=O)OC1(C(=O)O)CS[C@@H]2C(NC(=O)Cc3cccs3)C(=O)N2C1. The van der Waals surface area contributed by atoms with Gasteiger partial charge in [0.05, 0.1) is 18.7 Å². The van der Waals surface area contributed by atoms with E-state index in [9.17, 15) is 27.9 Å². The number of thioether (sulfide) groups is 1. The highest BCUT2D eigenvalue weighted by Gasteiger charge is 2.59. The predicted octanol–water partition coefficient (Wildman–Crippen LogP) is -0.120. The molecule has 3 heterocycles. The number of fused-ring (bicyclic) bond motifs is 1. The zero-order chi connectivity index (χ0) is 19.8. The lowest BCUT2D eigenvalue weighted by molar-refractivity contribution is -0.164. The average Bonchev–Trinajstić information content (AvgIpc) is 3.12. The van der Waals surface area contributed by atoms with Crippen LogP contribution in [0.25, 0.3) is 0 Å². The van der Waals surface area contributed by atoms with Crippen molar-refractivity contribution in [3.8, 4) is 0 Å². The van der Waals surface area contributed by atoms with Crippen molar-refractivity contribution < 1.29 is 32.1 Å². The van der Waals surface area contributed by atoms with Crippen molar-refractivity contribution in [2.45, 2.75) is 30.4 Å². The molecule has 2 fully saturated rings. The Labute approximate surface area is 164 Å². The first-order chi connectivity index (χ1) is 12.7. The number of hydrogen-bond donors (Lipinski definition) is 2. The molecule has 0 aliphatic carbocycles. The average molecular weight is 435 g/mol. The molecule has 2 aliphatic heterocycles. The van der Waals surface area contributed by atoms with Crippen LogP contribution in [-0.4, -0.2) is 71.3 Å². The molecular weight excluding hydrogens is 416 g/mol. The van der Waals surface area contributed by atoms with E-state index in [1.165, 1.54) is 23.2 Å². The topological polar surface area (TPSA) is 130 Å². The highest BCUT2D eigenvalue weighted by Crippen LogP contribution is 2.40. The van der Waals surface area contributed by atoms with Crippen LogP contribution in [0.1, 0.15) is 11.8 Å². The van der Waals surface area contributed by atoms with Gasteiger partial charge in [-0.1, -0.05) is 6.07 Å². The van der Waals surface area contributed by atoms with Crippen LogP contribution in [0.2, 0.25) is 0 Å². The number of carbonyl (C=O) groups excluding carboxylic acids is 2. The lowest BCUT2D eigenvalue weighted by Crippen LogP contribution is -2.75. The summed E-state index contributed by atoms with van der Waals surface area (Å²) >= 11 is 2.52. The number of thiophene rings is 1. The van der Waals surface area contributed by atoms with Crippen LogP contribution in [0.4, 0.5) is 0 Å². The van der Waals surface area contributed by atoms with Gasteiger partial charge in [0, 0.05) is 10.6 Å². The Morgan fingerprint density at radius 3 is 2.81 bits per heavy atom. The van der Waals surface area contributed by atoms with E-state index >= 15 is 0 Å². The van der Waals surface area contributed by atoms with Crippen molar-refractivity contribution in [3.63, 3.8) is 0 Å². The molecule has 0 saturated carbocycles. The standard InChI is InChI=1S/C15H18N2O7S3/c1-2-27(22,23)24-15(14(20)21)7-17-12(19)11(13(17)26-8-15)16-10(18)6-9-4-3-5-25-9/h3-5,11,13H,2,6-8H2,1H3,(H,16,18)(H,20,21)/t11?,13-,15?/m1/s1. The number of amides is 2. The maximum Gasteiger partial charge on any atom is 0.340 e.